The second-order valence-corrected chi connectivity index (χ2v) is 6.40. The SMILES string of the molecule is O=C1C(N=Nc2ccccc2Cl)=C(O)C2CC(Cl)CCC12. The Morgan fingerprint density at radius 1 is 1.14 bits per heavy atom. The molecule has 4 nitrogen and oxygen atoms in total. The first-order valence-electron chi connectivity index (χ1n) is 6.85. The van der Waals surface area contributed by atoms with Gasteiger partial charge in [0.1, 0.15) is 11.4 Å². The van der Waals surface area contributed by atoms with Gasteiger partial charge in [-0.05, 0) is 31.4 Å². The maximum absolute atomic E-state index is 12.3. The van der Waals surface area contributed by atoms with Crippen molar-refractivity contribution in [1.82, 2.24) is 0 Å². The zero-order valence-electron chi connectivity index (χ0n) is 11.2. The van der Waals surface area contributed by atoms with Crippen molar-refractivity contribution in [3.05, 3.63) is 40.7 Å². The van der Waals surface area contributed by atoms with Gasteiger partial charge in [0.25, 0.3) is 0 Å². The quantitative estimate of drug-likeness (QED) is 0.627. The molecule has 0 saturated heterocycles. The summed E-state index contributed by atoms with van der Waals surface area (Å²) >= 11 is 12.1. The zero-order chi connectivity index (χ0) is 15.0. The van der Waals surface area contributed by atoms with Crippen LogP contribution in [0.2, 0.25) is 5.02 Å². The van der Waals surface area contributed by atoms with E-state index in [4.69, 9.17) is 23.2 Å². The molecular weight excluding hydrogens is 311 g/mol. The number of allylic oxidation sites excluding steroid dienone is 2. The minimum absolute atomic E-state index is 0.000978. The molecule has 3 unspecified atom stereocenters. The van der Waals surface area contributed by atoms with Gasteiger partial charge in [-0.2, -0.15) is 0 Å². The third-order valence-electron chi connectivity index (χ3n) is 4.06. The number of carbonyl (C=O) groups is 1. The first-order chi connectivity index (χ1) is 10.1. The molecule has 1 aromatic carbocycles. The highest BCUT2D eigenvalue weighted by Crippen LogP contribution is 2.44. The lowest BCUT2D eigenvalue weighted by molar-refractivity contribution is -0.120. The number of halogens is 2. The van der Waals surface area contributed by atoms with E-state index in [-0.39, 0.29) is 34.5 Å². The summed E-state index contributed by atoms with van der Waals surface area (Å²) < 4.78 is 0. The summed E-state index contributed by atoms with van der Waals surface area (Å²) in [5, 5.41) is 18.6. The molecule has 1 N–H and O–H groups in total. The standard InChI is InChI=1S/C15H14Cl2N2O2/c16-8-5-6-9-10(7-8)15(21)13(14(9)20)19-18-12-4-2-1-3-11(12)17/h1-4,8-10,21H,5-7H2. The lowest BCUT2D eigenvalue weighted by Crippen LogP contribution is -2.26. The fourth-order valence-electron chi connectivity index (χ4n) is 2.95. The van der Waals surface area contributed by atoms with Gasteiger partial charge in [0.05, 0.1) is 5.02 Å². The highest BCUT2D eigenvalue weighted by molar-refractivity contribution is 6.32. The average Bonchev–Trinajstić information content (AvgIpc) is 2.70. The van der Waals surface area contributed by atoms with Gasteiger partial charge in [0, 0.05) is 17.2 Å². The van der Waals surface area contributed by atoms with Crippen LogP contribution in [-0.4, -0.2) is 16.3 Å². The minimum Gasteiger partial charge on any atom is -0.510 e. The topological polar surface area (TPSA) is 62.0 Å². The van der Waals surface area contributed by atoms with Crippen molar-refractivity contribution in [1.29, 1.82) is 0 Å². The van der Waals surface area contributed by atoms with Gasteiger partial charge in [-0.1, -0.05) is 23.7 Å². The van der Waals surface area contributed by atoms with Gasteiger partial charge in [-0.15, -0.1) is 21.8 Å². The van der Waals surface area contributed by atoms with Gasteiger partial charge < -0.3 is 5.11 Å². The molecule has 0 spiro atoms. The summed E-state index contributed by atoms with van der Waals surface area (Å²) in [5.41, 5.74) is 0.521. The number of benzene rings is 1. The van der Waals surface area contributed by atoms with E-state index in [1.54, 1.807) is 24.3 Å². The Morgan fingerprint density at radius 2 is 1.90 bits per heavy atom. The Hall–Kier alpha value is -1.39. The highest BCUT2D eigenvalue weighted by atomic mass is 35.5. The van der Waals surface area contributed by atoms with E-state index < -0.39 is 0 Å². The molecule has 0 bridgehead atoms. The summed E-state index contributed by atoms with van der Waals surface area (Å²) in [6.45, 7) is 0. The summed E-state index contributed by atoms with van der Waals surface area (Å²) in [7, 11) is 0. The van der Waals surface area contributed by atoms with Crippen LogP contribution in [0.3, 0.4) is 0 Å². The number of rotatable bonds is 2. The Balaban J connectivity index is 1.88. The van der Waals surface area contributed by atoms with Crippen molar-refractivity contribution >= 4 is 34.7 Å². The summed E-state index contributed by atoms with van der Waals surface area (Å²) in [6.07, 6.45) is 2.08. The molecule has 0 radical (unpaired) electrons. The second kappa shape index (κ2) is 5.78. The molecule has 3 rings (SSSR count). The van der Waals surface area contributed by atoms with Crippen molar-refractivity contribution < 1.29 is 9.90 Å². The van der Waals surface area contributed by atoms with Crippen LogP contribution in [-0.2, 0) is 4.79 Å². The van der Waals surface area contributed by atoms with Gasteiger partial charge in [-0.3, -0.25) is 4.79 Å². The van der Waals surface area contributed by atoms with Crippen molar-refractivity contribution in [2.24, 2.45) is 22.1 Å². The van der Waals surface area contributed by atoms with Gasteiger partial charge >= 0.3 is 0 Å². The molecule has 1 aromatic rings. The van der Waals surface area contributed by atoms with Crippen LogP contribution < -0.4 is 0 Å². The van der Waals surface area contributed by atoms with Crippen LogP contribution in [0, 0.1) is 11.8 Å². The molecule has 6 heteroatoms. The second-order valence-electron chi connectivity index (χ2n) is 5.37. The number of Topliss-reactive ketones (excluding diaryl/α,β-unsaturated/α-hetero) is 1. The molecule has 0 heterocycles. The Bertz CT molecular complexity index is 642. The predicted octanol–water partition coefficient (Wildman–Crippen LogP) is 4.80. The van der Waals surface area contributed by atoms with E-state index in [9.17, 15) is 9.90 Å². The Morgan fingerprint density at radius 3 is 2.67 bits per heavy atom. The molecule has 0 aliphatic heterocycles. The van der Waals surface area contributed by atoms with Gasteiger partial charge in [0.15, 0.2) is 11.5 Å². The van der Waals surface area contributed by atoms with Crippen LogP contribution in [0.4, 0.5) is 5.69 Å². The molecule has 2 aliphatic rings. The summed E-state index contributed by atoms with van der Waals surface area (Å²) in [4.78, 5) is 12.3. The number of hydrogen-bond donors (Lipinski definition) is 1. The molecule has 110 valence electrons. The molecule has 2 aliphatic carbocycles. The lowest BCUT2D eigenvalue weighted by atomic mass is 9.80. The maximum atomic E-state index is 12.3. The number of alkyl halides is 1. The number of fused-ring (bicyclic) bond motifs is 1. The van der Waals surface area contributed by atoms with Crippen molar-refractivity contribution in [3.8, 4) is 0 Å². The first kappa shape index (κ1) is 14.5. The first-order valence-corrected chi connectivity index (χ1v) is 7.67. The van der Waals surface area contributed by atoms with Crippen LogP contribution in [0.25, 0.3) is 0 Å². The van der Waals surface area contributed by atoms with E-state index in [0.29, 0.717) is 23.6 Å². The smallest absolute Gasteiger partial charge is 0.190 e. The van der Waals surface area contributed by atoms with Crippen molar-refractivity contribution in [2.75, 3.05) is 0 Å². The van der Waals surface area contributed by atoms with Crippen LogP contribution >= 0.6 is 23.2 Å². The highest BCUT2D eigenvalue weighted by Gasteiger charge is 2.45. The molecule has 1 fully saturated rings. The fraction of sp³-hybridized carbons (Fsp3) is 0.400. The monoisotopic (exact) mass is 324 g/mol. The number of hydrogen-bond acceptors (Lipinski definition) is 4. The molecule has 0 amide bonds. The number of nitrogens with zero attached hydrogens (tertiary/aromatic N) is 2. The van der Waals surface area contributed by atoms with Crippen molar-refractivity contribution in [3.63, 3.8) is 0 Å². The minimum atomic E-state index is -0.214. The normalized spacial score (nSPS) is 29.2. The summed E-state index contributed by atoms with van der Waals surface area (Å²) in [5.74, 6) is -0.544. The Kier molecular flexibility index (Phi) is 4.00. The predicted molar refractivity (Wildman–Crippen MR) is 81.1 cm³/mol. The number of aliphatic hydroxyl groups excluding tert-OH is 1. The number of azo groups is 1. The maximum Gasteiger partial charge on any atom is 0.190 e. The Labute approximate surface area is 132 Å². The van der Waals surface area contributed by atoms with E-state index in [0.717, 1.165) is 6.42 Å². The third kappa shape index (κ3) is 2.70. The lowest BCUT2D eigenvalue weighted by Gasteiger charge is -2.27. The summed E-state index contributed by atoms with van der Waals surface area (Å²) in [6, 6.07) is 6.96. The van der Waals surface area contributed by atoms with Crippen molar-refractivity contribution in [2.45, 2.75) is 24.6 Å². The third-order valence-corrected chi connectivity index (χ3v) is 4.78. The van der Waals surface area contributed by atoms with E-state index in [2.05, 4.69) is 10.2 Å². The van der Waals surface area contributed by atoms with E-state index in [1.165, 1.54) is 0 Å². The molecule has 21 heavy (non-hydrogen) atoms. The zero-order valence-corrected chi connectivity index (χ0v) is 12.7. The van der Waals surface area contributed by atoms with Crippen LogP contribution in [0.5, 0.6) is 0 Å². The van der Waals surface area contributed by atoms with Crippen LogP contribution in [0.1, 0.15) is 19.3 Å². The largest absolute Gasteiger partial charge is 0.510 e. The average molecular weight is 325 g/mol. The molecule has 0 aromatic heterocycles. The van der Waals surface area contributed by atoms with Crippen LogP contribution in [0.15, 0.2) is 46.0 Å². The van der Waals surface area contributed by atoms with E-state index in [1.807, 2.05) is 0 Å². The number of aliphatic hydroxyl groups is 1. The molecule has 1 saturated carbocycles. The molecule has 3 atom stereocenters. The number of carbonyl (C=O) groups excluding carboxylic acids is 1. The number of ketones is 1. The van der Waals surface area contributed by atoms with Gasteiger partial charge in [0.2, 0.25) is 0 Å². The van der Waals surface area contributed by atoms with E-state index >= 15 is 0 Å². The van der Waals surface area contributed by atoms with Gasteiger partial charge in [-0.25, -0.2) is 0 Å². The molecular formula is C15H14Cl2N2O2. The fourth-order valence-corrected chi connectivity index (χ4v) is 3.44.